The van der Waals surface area contributed by atoms with Crippen LogP contribution in [0.15, 0.2) is 24.3 Å². The maximum absolute atomic E-state index is 14.3. The molecule has 162 valence electrons. The predicted octanol–water partition coefficient (Wildman–Crippen LogP) is 6.08. The summed E-state index contributed by atoms with van der Waals surface area (Å²) in [5, 5.41) is 0. The molecule has 0 amide bonds. The lowest BCUT2D eigenvalue weighted by molar-refractivity contribution is 0.103. The third-order valence-electron chi connectivity index (χ3n) is 5.57. The van der Waals surface area contributed by atoms with Crippen LogP contribution in [-0.2, 0) is 4.57 Å². The Kier molecular flexibility index (Phi) is 7.31. The molecule has 6 heteroatoms. The molecule has 0 heterocycles. The van der Waals surface area contributed by atoms with Crippen molar-refractivity contribution in [1.82, 2.24) is 0 Å². The Morgan fingerprint density at radius 3 is 1.63 bits per heavy atom. The zero-order valence-electron chi connectivity index (χ0n) is 19.1. The summed E-state index contributed by atoms with van der Waals surface area (Å²) in [6, 6.07) is 7.12. The van der Waals surface area contributed by atoms with E-state index in [0.29, 0.717) is 12.0 Å². The van der Waals surface area contributed by atoms with Gasteiger partial charge < -0.3 is 14.0 Å². The molecule has 0 saturated heterocycles. The van der Waals surface area contributed by atoms with Crippen molar-refractivity contribution < 1.29 is 23.6 Å². The number of methoxy groups -OCH3 is 2. The molecule has 2 aromatic rings. The summed E-state index contributed by atoms with van der Waals surface area (Å²) in [5.74, 6) is 0.510. The Labute approximate surface area is 179 Å². The van der Waals surface area contributed by atoms with Gasteiger partial charge in [-0.15, -0.1) is 0 Å². The van der Waals surface area contributed by atoms with Gasteiger partial charge in [0.15, 0.2) is 0 Å². The van der Waals surface area contributed by atoms with Crippen LogP contribution in [0.5, 0.6) is 11.5 Å². The third-order valence-corrected chi connectivity index (χ3v) is 8.83. The van der Waals surface area contributed by atoms with Gasteiger partial charge in [-0.25, -0.2) is 0 Å². The molecule has 2 atom stereocenters. The van der Waals surface area contributed by atoms with Gasteiger partial charge in [0, 0.05) is 11.2 Å². The molecule has 2 aromatic carbocycles. The van der Waals surface area contributed by atoms with Crippen molar-refractivity contribution in [3.8, 4) is 11.5 Å². The Morgan fingerprint density at radius 1 is 0.833 bits per heavy atom. The lowest BCUT2D eigenvalue weighted by atomic mass is 10.0. The second kappa shape index (κ2) is 9.18. The van der Waals surface area contributed by atoms with E-state index in [2.05, 4.69) is 0 Å². The summed E-state index contributed by atoms with van der Waals surface area (Å²) in [4.78, 5) is 27.5. The predicted molar refractivity (Wildman–Crippen MR) is 121 cm³/mol. The molecule has 0 aliphatic rings. The number of ether oxygens (including phenoxy) is 2. The molecule has 0 radical (unpaired) electrons. The summed E-state index contributed by atoms with van der Waals surface area (Å²) in [6.07, 6.45) is 0.426. The number of benzene rings is 2. The summed E-state index contributed by atoms with van der Waals surface area (Å²) >= 11 is 0. The summed E-state index contributed by atoms with van der Waals surface area (Å²) in [5.41, 5.74) is 1.77. The highest BCUT2D eigenvalue weighted by molar-refractivity contribution is 7.96. The van der Waals surface area contributed by atoms with E-state index in [1.54, 1.807) is 19.1 Å². The lowest BCUT2D eigenvalue weighted by Gasteiger charge is -2.25. The number of carbonyl (C=O) groups excluding carboxylic acids is 2. The second-order valence-electron chi connectivity index (χ2n) is 7.84. The van der Waals surface area contributed by atoms with Crippen molar-refractivity contribution in [3.63, 3.8) is 0 Å². The van der Waals surface area contributed by atoms with E-state index in [4.69, 9.17) is 9.47 Å². The monoisotopic (exact) mass is 430 g/mol. The molecule has 5 nitrogen and oxygen atoms in total. The van der Waals surface area contributed by atoms with Crippen LogP contribution < -0.4 is 9.47 Å². The average Bonchev–Trinajstić information content (AvgIpc) is 2.70. The number of hydrogen-bond acceptors (Lipinski definition) is 5. The van der Waals surface area contributed by atoms with E-state index < -0.39 is 23.8 Å². The number of carbonyl (C=O) groups is 2. The quantitative estimate of drug-likeness (QED) is 0.475. The number of hydrogen-bond donors (Lipinski definition) is 0. The molecule has 0 saturated carbocycles. The largest absolute Gasteiger partial charge is 0.496 e. The summed E-state index contributed by atoms with van der Waals surface area (Å²) in [7, 11) is -1.16. The Balaban J connectivity index is 2.80. The van der Waals surface area contributed by atoms with E-state index in [9.17, 15) is 14.2 Å². The van der Waals surface area contributed by atoms with Crippen molar-refractivity contribution in [2.45, 2.75) is 53.6 Å². The minimum Gasteiger partial charge on any atom is -0.496 e. The van der Waals surface area contributed by atoms with Crippen LogP contribution >= 0.6 is 7.14 Å². The molecule has 0 spiro atoms. The first kappa shape index (κ1) is 23.9. The van der Waals surface area contributed by atoms with Gasteiger partial charge in [-0.2, -0.15) is 0 Å². The third kappa shape index (κ3) is 4.09. The molecule has 0 aliphatic heterocycles. The van der Waals surface area contributed by atoms with Gasteiger partial charge in [-0.1, -0.05) is 31.5 Å². The minimum absolute atomic E-state index is 0.0602. The van der Waals surface area contributed by atoms with Crippen LogP contribution in [0, 0.1) is 27.7 Å². The van der Waals surface area contributed by atoms with Gasteiger partial charge in [0.05, 0.1) is 14.2 Å². The van der Waals surface area contributed by atoms with Crippen molar-refractivity contribution in [2.75, 3.05) is 14.2 Å². The minimum atomic E-state index is -4.04. The first-order valence-electron chi connectivity index (χ1n) is 10.0. The van der Waals surface area contributed by atoms with Crippen LogP contribution in [0.2, 0.25) is 0 Å². The van der Waals surface area contributed by atoms with Gasteiger partial charge in [0.2, 0.25) is 18.2 Å². The molecule has 0 aliphatic carbocycles. The maximum atomic E-state index is 14.3. The van der Waals surface area contributed by atoms with Crippen LogP contribution in [0.25, 0.3) is 0 Å². The highest BCUT2D eigenvalue weighted by atomic mass is 31.2. The van der Waals surface area contributed by atoms with Crippen molar-refractivity contribution in [3.05, 3.63) is 57.6 Å². The molecule has 0 N–H and O–H groups in total. The molecule has 0 aromatic heterocycles. The summed E-state index contributed by atoms with van der Waals surface area (Å²) < 4.78 is 25.2. The van der Waals surface area contributed by atoms with Gasteiger partial charge >= 0.3 is 0 Å². The van der Waals surface area contributed by atoms with Gasteiger partial charge in [-0.05, 0) is 62.9 Å². The molecular formula is C24H31O5P. The maximum Gasteiger partial charge on any atom is 0.236 e. The van der Waals surface area contributed by atoms with Crippen molar-refractivity contribution >= 4 is 18.2 Å². The van der Waals surface area contributed by atoms with Gasteiger partial charge in [-0.3, -0.25) is 9.59 Å². The normalized spacial score (nSPS) is 14.0. The fourth-order valence-electron chi connectivity index (χ4n) is 3.85. The lowest BCUT2D eigenvalue weighted by Crippen LogP contribution is -2.21. The zero-order valence-corrected chi connectivity index (χ0v) is 20.0. The smallest absolute Gasteiger partial charge is 0.236 e. The Morgan fingerprint density at radius 2 is 1.23 bits per heavy atom. The first-order valence-corrected chi connectivity index (χ1v) is 11.8. The van der Waals surface area contributed by atoms with E-state index in [-0.39, 0.29) is 17.1 Å². The SMILES string of the molecule is CCC(C)P(=O)(C(=O)c1c(C)cc(C)cc1C)C(=O)c1c(OC)cc(C)cc1OC. The van der Waals surface area contributed by atoms with E-state index in [0.717, 1.165) is 22.3 Å². The van der Waals surface area contributed by atoms with Crippen LogP contribution in [-0.4, -0.2) is 30.9 Å². The first-order chi connectivity index (χ1) is 14.0. The molecule has 2 unspecified atom stereocenters. The van der Waals surface area contributed by atoms with Gasteiger partial charge in [0.25, 0.3) is 0 Å². The van der Waals surface area contributed by atoms with Crippen molar-refractivity contribution in [2.24, 2.45) is 0 Å². The molecular weight excluding hydrogens is 399 g/mol. The van der Waals surface area contributed by atoms with E-state index in [1.807, 2.05) is 46.8 Å². The number of aryl methyl sites for hydroxylation is 4. The highest BCUT2D eigenvalue weighted by Gasteiger charge is 2.47. The molecule has 30 heavy (non-hydrogen) atoms. The fraction of sp³-hybridized carbons (Fsp3) is 0.417. The Hall–Kier alpha value is -2.39. The highest BCUT2D eigenvalue weighted by Crippen LogP contribution is 2.59. The average molecular weight is 430 g/mol. The van der Waals surface area contributed by atoms with Gasteiger partial charge in [0.1, 0.15) is 17.1 Å². The van der Waals surface area contributed by atoms with Crippen LogP contribution in [0.3, 0.4) is 0 Å². The zero-order chi connectivity index (χ0) is 22.8. The topological polar surface area (TPSA) is 69.7 Å². The van der Waals surface area contributed by atoms with E-state index >= 15 is 0 Å². The fourth-order valence-corrected chi connectivity index (χ4v) is 6.59. The van der Waals surface area contributed by atoms with E-state index in [1.165, 1.54) is 14.2 Å². The van der Waals surface area contributed by atoms with Crippen LogP contribution in [0.4, 0.5) is 0 Å². The second-order valence-corrected chi connectivity index (χ2v) is 10.9. The number of rotatable bonds is 8. The molecule has 0 bridgehead atoms. The standard InChI is InChI=1S/C24H31O5P/c1-9-18(6)30(27,23(25)21-16(4)10-14(2)11-17(21)5)24(26)22-19(28-7)12-15(3)13-20(22)29-8/h10-13,18H,9H2,1-8H3. The van der Waals surface area contributed by atoms with Crippen molar-refractivity contribution in [1.29, 1.82) is 0 Å². The summed E-state index contributed by atoms with van der Waals surface area (Å²) in [6.45, 7) is 10.9. The Bertz CT molecular complexity index is 990. The molecule has 2 rings (SSSR count). The molecule has 0 fully saturated rings. The van der Waals surface area contributed by atoms with Crippen LogP contribution in [0.1, 0.15) is 63.2 Å².